The predicted octanol–water partition coefficient (Wildman–Crippen LogP) is 2.89. The lowest BCUT2D eigenvalue weighted by Crippen LogP contribution is -2.26. The van der Waals surface area contributed by atoms with Gasteiger partial charge in [-0.25, -0.2) is 8.42 Å². The lowest BCUT2D eigenvalue weighted by molar-refractivity contribution is -0.118. The minimum atomic E-state index is -3.67. The zero-order valence-corrected chi connectivity index (χ0v) is 18.4. The van der Waals surface area contributed by atoms with Gasteiger partial charge in [-0.3, -0.25) is 13.9 Å². The van der Waals surface area contributed by atoms with E-state index in [4.69, 9.17) is 4.74 Å². The second-order valence-electron chi connectivity index (χ2n) is 6.77. The molecule has 32 heavy (non-hydrogen) atoms. The quantitative estimate of drug-likeness (QED) is 0.546. The molecule has 0 aliphatic heterocycles. The summed E-state index contributed by atoms with van der Waals surface area (Å²) in [6, 6.07) is 21.0. The van der Waals surface area contributed by atoms with Crippen LogP contribution in [-0.4, -0.2) is 40.9 Å². The molecule has 0 unspecified atom stereocenters. The number of hydrogen-bond acceptors (Lipinski definition) is 5. The van der Waals surface area contributed by atoms with Crippen molar-refractivity contribution in [2.75, 3.05) is 30.3 Å². The normalized spacial score (nSPS) is 10.8. The Hall–Kier alpha value is -3.85. The molecular formula is C23H23N3O5S. The maximum absolute atomic E-state index is 12.7. The van der Waals surface area contributed by atoms with Gasteiger partial charge in [0.25, 0.3) is 21.8 Å². The average molecular weight is 454 g/mol. The zero-order chi connectivity index (χ0) is 23.1. The lowest BCUT2D eigenvalue weighted by Gasteiger charge is -2.19. The monoisotopic (exact) mass is 453 g/mol. The standard InChI is InChI=1S/C23H23N3O5S/c1-24-23(28)17-8-10-18(11-9-17)25-22(27)16-31-20-14-12-19(13-15-20)26(2)32(29,30)21-6-4-3-5-7-21/h3-15H,16H2,1-2H3,(H,24,28)(H,25,27). The van der Waals surface area contributed by atoms with Crippen molar-refractivity contribution < 1.29 is 22.7 Å². The fourth-order valence-corrected chi connectivity index (χ4v) is 4.05. The van der Waals surface area contributed by atoms with Gasteiger partial charge in [0, 0.05) is 25.3 Å². The molecule has 2 amide bonds. The van der Waals surface area contributed by atoms with Gasteiger partial charge in [-0.05, 0) is 60.7 Å². The summed E-state index contributed by atoms with van der Waals surface area (Å²) in [7, 11) is -0.655. The maximum Gasteiger partial charge on any atom is 0.264 e. The van der Waals surface area contributed by atoms with Gasteiger partial charge in [0.1, 0.15) is 5.75 Å². The highest BCUT2D eigenvalue weighted by Gasteiger charge is 2.20. The van der Waals surface area contributed by atoms with Crippen molar-refractivity contribution in [2.45, 2.75) is 4.90 Å². The van der Waals surface area contributed by atoms with Crippen molar-refractivity contribution >= 4 is 33.2 Å². The molecule has 166 valence electrons. The molecule has 8 nitrogen and oxygen atoms in total. The molecule has 0 fully saturated rings. The van der Waals surface area contributed by atoms with Crippen LogP contribution >= 0.6 is 0 Å². The van der Waals surface area contributed by atoms with E-state index in [9.17, 15) is 18.0 Å². The smallest absolute Gasteiger partial charge is 0.264 e. The number of hydrogen-bond donors (Lipinski definition) is 2. The van der Waals surface area contributed by atoms with E-state index in [1.54, 1.807) is 73.8 Å². The van der Waals surface area contributed by atoms with E-state index in [0.717, 1.165) is 0 Å². The van der Waals surface area contributed by atoms with Crippen molar-refractivity contribution in [3.05, 3.63) is 84.4 Å². The van der Waals surface area contributed by atoms with Crippen molar-refractivity contribution in [1.82, 2.24) is 5.32 Å². The Kier molecular flexibility index (Phi) is 7.11. The first kappa shape index (κ1) is 22.8. The highest BCUT2D eigenvalue weighted by molar-refractivity contribution is 7.92. The summed E-state index contributed by atoms with van der Waals surface area (Å²) >= 11 is 0. The van der Waals surface area contributed by atoms with Gasteiger partial charge in [0.15, 0.2) is 6.61 Å². The van der Waals surface area contributed by atoms with E-state index in [2.05, 4.69) is 10.6 Å². The van der Waals surface area contributed by atoms with Crippen LogP contribution in [0.1, 0.15) is 10.4 Å². The summed E-state index contributed by atoms with van der Waals surface area (Å²) in [4.78, 5) is 23.9. The first-order valence-electron chi connectivity index (χ1n) is 9.70. The van der Waals surface area contributed by atoms with E-state index in [1.807, 2.05) is 0 Å². The number of nitrogens with zero attached hydrogens (tertiary/aromatic N) is 1. The SMILES string of the molecule is CNC(=O)c1ccc(NC(=O)COc2ccc(N(C)S(=O)(=O)c3ccccc3)cc2)cc1. The van der Waals surface area contributed by atoms with Crippen molar-refractivity contribution in [3.8, 4) is 5.75 Å². The molecule has 0 bridgehead atoms. The third-order valence-corrected chi connectivity index (χ3v) is 6.43. The summed E-state index contributed by atoms with van der Waals surface area (Å²) in [5, 5.41) is 5.21. The molecule has 3 rings (SSSR count). The molecule has 3 aromatic rings. The summed E-state index contributed by atoms with van der Waals surface area (Å²) in [6.45, 7) is -0.227. The highest BCUT2D eigenvalue weighted by atomic mass is 32.2. The van der Waals surface area contributed by atoms with Crippen LogP contribution in [0, 0.1) is 0 Å². The van der Waals surface area contributed by atoms with E-state index in [0.29, 0.717) is 22.7 Å². The summed E-state index contributed by atoms with van der Waals surface area (Å²) in [5.41, 5.74) is 1.48. The molecule has 0 saturated heterocycles. The number of ether oxygens (including phenoxy) is 1. The third-order valence-electron chi connectivity index (χ3n) is 4.63. The number of anilines is 2. The van der Waals surface area contributed by atoms with E-state index >= 15 is 0 Å². The molecular weight excluding hydrogens is 430 g/mol. The van der Waals surface area contributed by atoms with Crippen LogP contribution in [0.25, 0.3) is 0 Å². The van der Waals surface area contributed by atoms with Gasteiger partial charge in [-0.2, -0.15) is 0 Å². The van der Waals surface area contributed by atoms with E-state index < -0.39 is 10.0 Å². The van der Waals surface area contributed by atoms with Gasteiger partial charge in [-0.1, -0.05) is 18.2 Å². The molecule has 0 aliphatic carbocycles. The Morgan fingerprint density at radius 2 is 1.53 bits per heavy atom. The highest BCUT2D eigenvalue weighted by Crippen LogP contribution is 2.24. The molecule has 3 aromatic carbocycles. The molecule has 0 heterocycles. The molecule has 0 spiro atoms. The van der Waals surface area contributed by atoms with Crippen molar-refractivity contribution in [1.29, 1.82) is 0 Å². The number of benzene rings is 3. The predicted molar refractivity (Wildman–Crippen MR) is 122 cm³/mol. The molecule has 0 radical (unpaired) electrons. The van der Waals surface area contributed by atoms with Gasteiger partial charge >= 0.3 is 0 Å². The Balaban J connectivity index is 1.56. The molecule has 0 aliphatic rings. The molecule has 0 aromatic heterocycles. The number of carbonyl (C=O) groups excluding carboxylic acids is 2. The maximum atomic E-state index is 12.7. The van der Waals surface area contributed by atoms with Crippen molar-refractivity contribution in [3.63, 3.8) is 0 Å². The topological polar surface area (TPSA) is 105 Å². The summed E-state index contributed by atoms with van der Waals surface area (Å²) in [5.74, 6) is -0.160. The first-order chi connectivity index (χ1) is 15.3. The Morgan fingerprint density at radius 1 is 0.906 bits per heavy atom. The lowest BCUT2D eigenvalue weighted by atomic mass is 10.2. The van der Waals surface area contributed by atoms with Crippen LogP contribution in [0.4, 0.5) is 11.4 Å². The van der Waals surface area contributed by atoms with Crippen molar-refractivity contribution in [2.24, 2.45) is 0 Å². The Labute approximate surface area is 186 Å². The summed E-state index contributed by atoms with van der Waals surface area (Å²) in [6.07, 6.45) is 0. The van der Waals surface area contributed by atoms with E-state index in [-0.39, 0.29) is 23.3 Å². The van der Waals surface area contributed by atoms with Gasteiger partial charge in [0.2, 0.25) is 0 Å². The van der Waals surface area contributed by atoms with Gasteiger partial charge in [0.05, 0.1) is 10.6 Å². The zero-order valence-electron chi connectivity index (χ0n) is 17.6. The third kappa shape index (κ3) is 5.44. The number of amides is 2. The van der Waals surface area contributed by atoms with Gasteiger partial charge < -0.3 is 15.4 Å². The van der Waals surface area contributed by atoms with Crippen LogP contribution in [0.3, 0.4) is 0 Å². The fourth-order valence-electron chi connectivity index (χ4n) is 2.84. The van der Waals surface area contributed by atoms with Crippen LogP contribution in [0.5, 0.6) is 5.75 Å². The average Bonchev–Trinajstić information content (AvgIpc) is 2.83. The summed E-state index contributed by atoms with van der Waals surface area (Å²) < 4.78 is 32.1. The van der Waals surface area contributed by atoms with E-state index in [1.165, 1.54) is 23.5 Å². The molecule has 0 atom stereocenters. The minimum absolute atomic E-state index is 0.197. The molecule has 9 heteroatoms. The number of carbonyl (C=O) groups is 2. The Bertz CT molecular complexity index is 1180. The number of sulfonamides is 1. The minimum Gasteiger partial charge on any atom is -0.484 e. The number of rotatable bonds is 8. The second kappa shape index (κ2) is 9.97. The van der Waals surface area contributed by atoms with Crippen LogP contribution in [0.15, 0.2) is 83.8 Å². The van der Waals surface area contributed by atoms with Crippen LogP contribution in [0.2, 0.25) is 0 Å². The van der Waals surface area contributed by atoms with Gasteiger partial charge in [-0.15, -0.1) is 0 Å². The largest absolute Gasteiger partial charge is 0.484 e. The number of nitrogens with one attached hydrogen (secondary N) is 2. The second-order valence-corrected chi connectivity index (χ2v) is 8.74. The fraction of sp³-hybridized carbons (Fsp3) is 0.130. The Morgan fingerprint density at radius 3 is 2.12 bits per heavy atom. The van der Waals surface area contributed by atoms with Crippen LogP contribution < -0.4 is 19.7 Å². The van der Waals surface area contributed by atoms with Crippen LogP contribution in [-0.2, 0) is 14.8 Å². The molecule has 2 N–H and O–H groups in total. The molecule has 0 saturated carbocycles. The first-order valence-corrected chi connectivity index (χ1v) is 11.1.